The van der Waals surface area contributed by atoms with Crippen molar-refractivity contribution in [2.75, 3.05) is 11.9 Å². The van der Waals surface area contributed by atoms with Crippen LogP contribution in [0.2, 0.25) is 0 Å². The van der Waals surface area contributed by atoms with Crippen molar-refractivity contribution in [1.82, 2.24) is 4.90 Å². The molecule has 1 atom stereocenters. The highest BCUT2D eigenvalue weighted by Crippen LogP contribution is 2.21. The number of rotatable bonds is 4. The van der Waals surface area contributed by atoms with Crippen LogP contribution in [0.4, 0.5) is 10.1 Å². The standard InChI is InChI=1S/C19H18FN3O3/c20-14-7-3-12(4-8-14)18(25)22-15-9-5-13(6-10-15)19(26)23-11-1-2-16(23)17(21)24/h3-10,16H,1-2,11H2,(H2,21,24)(H,22,25)/t16-/m0/s1. The molecule has 0 radical (unpaired) electrons. The van der Waals surface area contributed by atoms with E-state index in [1.807, 2.05) is 0 Å². The maximum absolute atomic E-state index is 12.9. The van der Waals surface area contributed by atoms with E-state index in [9.17, 15) is 18.8 Å². The third kappa shape index (κ3) is 3.72. The number of hydrogen-bond donors (Lipinski definition) is 2. The molecule has 7 heteroatoms. The number of benzene rings is 2. The lowest BCUT2D eigenvalue weighted by molar-refractivity contribution is -0.121. The number of carbonyl (C=O) groups is 3. The Morgan fingerprint density at radius 2 is 1.62 bits per heavy atom. The summed E-state index contributed by atoms with van der Waals surface area (Å²) in [5.41, 5.74) is 6.59. The van der Waals surface area contributed by atoms with Crippen molar-refractivity contribution in [3.8, 4) is 0 Å². The Balaban J connectivity index is 1.68. The maximum atomic E-state index is 12.9. The molecule has 3 amide bonds. The highest BCUT2D eigenvalue weighted by Gasteiger charge is 2.33. The first-order chi connectivity index (χ1) is 12.5. The van der Waals surface area contributed by atoms with Gasteiger partial charge in [0.1, 0.15) is 11.9 Å². The summed E-state index contributed by atoms with van der Waals surface area (Å²) in [5.74, 6) is -1.56. The molecular weight excluding hydrogens is 337 g/mol. The SMILES string of the molecule is NC(=O)[C@@H]1CCCN1C(=O)c1ccc(NC(=O)c2ccc(F)cc2)cc1. The molecule has 6 nitrogen and oxygen atoms in total. The average molecular weight is 355 g/mol. The molecule has 0 bridgehead atoms. The largest absolute Gasteiger partial charge is 0.368 e. The van der Waals surface area contributed by atoms with E-state index in [1.54, 1.807) is 24.3 Å². The van der Waals surface area contributed by atoms with E-state index in [0.29, 0.717) is 29.8 Å². The molecule has 0 unspecified atom stereocenters. The van der Waals surface area contributed by atoms with Crippen LogP contribution in [0.15, 0.2) is 48.5 Å². The smallest absolute Gasteiger partial charge is 0.255 e. The van der Waals surface area contributed by atoms with Crippen molar-refractivity contribution in [1.29, 1.82) is 0 Å². The predicted octanol–water partition coefficient (Wildman–Crippen LogP) is 2.17. The van der Waals surface area contributed by atoms with Crippen LogP contribution in [0.5, 0.6) is 0 Å². The van der Waals surface area contributed by atoms with Gasteiger partial charge in [-0.25, -0.2) is 4.39 Å². The highest BCUT2D eigenvalue weighted by molar-refractivity contribution is 6.04. The van der Waals surface area contributed by atoms with Crippen LogP contribution in [0.3, 0.4) is 0 Å². The lowest BCUT2D eigenvalue weighted by Crippen LogP contribution is -2.43. The number of nitrogens with one attached hydrogen (secondary N) is 1. The highest BCUT2D eigenvalue weighted by atomic mass is 19.1. The average Bonchev–Trinajstić information content (AvgIpc) is 3.12. The summed E-state index contributed by atoms with van der Waals surface area (Å²) in [6.45, 7) is 0.496. The van der Waals surface area contributed by atoms with E-state index in [0.717, 1.165) is 6.42 Å². The molecule has 0 aliphatic carbocycles. The monoisotopic (exact) mass is 355 g/mol. The van der Waals surface area contributed by atoms with E-state index >= 15 is 0 Å². The Morgan fingerprint density at radius 3 is 2.23 bits per heavy atom. The number of anilines is 1. The molecule has 1 aliphatic rings. The van der Waals surface area contributed by atoms with E-state index < -0.39 is 17.8 Å². The Hall–Kier alpha value is -3.22. The second-order valence-electron chi connectivity index (χ2n) is 6.10. The van der Waals surface area contributed by atoms with Crippen molar-refractivity contribution in [3.63, 3.8) is 0 Å². The summed E-state index contributed by atoms with van der Waals surface area (Å²) in [4.78, 5) is 37.6. The van der Waals surface area contributed by atoms with E-state index in [-0.39, 0.29) is 11.8 Å². The van der Waals surface area contributed by atoms with Gasteiger partial charge in [-0.15, -0.1) is 0 Å². The zero-order valence-corrected chi connectivity index (χ0v) is 13.9. The molecule has 26 heavy (non-hydrogen) atoms. The van der Waals surface area contributed by atoms with Crippen molar-refractivity contribution < 1.29 is 18.8 Å². The van der Waals surface area contributed by atoms with E-state index in [4.69, 9.17) is 5.73 Å². The van der Waals surface area contributed by atoms with Crippen LogP contribution in [0.1, 0.15) is 33.6 Å². The Labute approximate surface area is 149 Å². The summed E-state index contributed by atoms with van der Waals surface area (Å²) in [7, 11) is 0. The third-order valence-electron chi connectivity index (χ3n) is 4.34. The molecule has 2 aromatic rings. The quantitative estimate of drug-likeness (QED) is 0.880. The molecule has 3 rings (SSSR count). The summed E-state index contributed by atoms with van der Waals surface area (Å²) >= 11 is 0. The fraction of sp³-hybridized carbons (Fsp3) is 0.211. The molecular formula is C19H18FN3O3. The minimum absolute atomic E-state index is 0.261. The normalized spacial score (nSPS) is 16.3. The maximum Gasteiger partial charge on any atom is 0.255 e. The Morgan fingerprint density at radius 1 is 1.00 bits per heavy atom. The van der Waals surface area contributed by atoms with Crippen LogP contribution >= 0.6 is 0 Å². The van der Waals surface area contributed by atoms with Crippen LogP contribution in [-0.4, -0.2) is 35.2 Å². The number of nitrogens with two attached hydrogens (primary N) is 1. The van der Waals surface area contributed by atoms with Crippen molar-refractivity contribution in [2.45, 2.75) is 18.9 Å². The lowest BCUT2D eigenvalue weighted by Gasteiger charge is -2.22. The second-order valence-corrected chi connectivity index (χ2v) is 6.10. The zero-order valence-electron chi connectivity index (χ0n) is 13.9. The molecule has 0 aromatic heterocycles. The summed E-state index contributed by atoms with van der Waals surface area (Å²) in [6, 6.07) is 11.0. The molecule has 1 saturated heterocycles. The van der Waals surface area contributed by atoms with Crippen molar-refractivity contribution in [2.24, 2.45) is 5.73 Å². The number of halogens is 1. The van der Waals surface area contributed by atoms with Crippen LogP contribution in [-0.2, 0) is 4.79 Å². The molecule has 0 spiro atoms. The van der Waals surface area contributed by atoms with Crippen LogP contribution in [0, 0.1) is 5.82 Å². The van der Waals surface area contributed by atoms with E-state index in [2.05, 4.69) is 5.32 Å². The summed E-state index contributed by atoms with van der Waals surface area (Å²) in [5, 5.41) is 2.68. The first-order valence-electron chi connectivity index (χ1n) is 8.23. The van der Waals surface area contributed by atoms with Gasteiger partial charge < -0.3 is 16.0 Å². The first-order valence-corrected chi connectivity index (χ1v) is 8.23. The van der Waals surface area contributed by atoms with Gasteiger partial charge in [0.05, 0.1) is 0 Å². The number of hydrogen-bond acceptors (Lipinski definition) is 3. The Kier molecular flexibility index (Phi) is 4.97. The lowest BCUT2D eigenvalue weighted by atomic mass is 10.1. The minimum atomic E-state index is -0.569. The van der Waals surface area contributed by atoms with Gasteiger partial charge in [-0.2, -0.15) is 0 Å². The van der Waals surface area contributed by atoms with Gasteiger partial charge in [-0.1, -0.05) is 0 Å². The number of amides is 3. The van der Waals surface area contributed by atoms with Crippen molar-refractivity contribution >= 4 is 23.4 Å². The molecule has 2 aromatic carbocycles. The van der Waals surface area contributed by atoms with Gasteiger partial charge >= 0.3 is 0 Å². The van der Waals surface area contributed by atoms with Gasteiger partial charge in [-0.3, -0.25) is 14.4 Å². The fourth-order valence-corrected chi connectivity index (χ4v) is 2.97. The molecule has 134 valence electrons. The fourth-order valence-electron chi connectivity index (χ4n) is 2.97. The Bertz CT molecular complexity index is 834. The first kappa shape index (κ1) is 17.6. The minimum Gasteiger partial charge on any atom is -0.368 e. The second kappa shape index (κ2) is 7.35. The molecule has 3 N–H and O–H groups in total. The van der Waals surface area contributed by atoms with E-state index in [1.165, 1.54) is 29.2 Å². The number of primary amides is 1. The molecule has 1 heterocycles. The number of likely N-dealkylation sites (tertiary alicyclic amines) is 1. The topological polar surface area (TPSA) is 92.5 Å². The molecule has 1 fully saturated rings. The number of carbonyl (C=O) groups excluding carboxylic acids is 3. The van der Waals surface area contributed by atoms with Crippen LogP contribution in [0.25, 0.3) is 0 Å². The van der Waals surface area contributed by atoms with Gasteiger partial charge in [0.25, 0.3) is 11.8 Å². The van der Waals surface area contributed by atoms with Crippen molar-refractivity contribution in [3.05, 3.63) is 65.5 Å². The molecule has 0 saturated carbocycles. The summed E-state index contributed by atoms with van der Waals surface area (Å²) in [6.07, 6.45) is 1.32. The number of nitrogens with zero attached hydrogens (tertiary/aromatic N) is 1. The van der Waals surface area contributed by atoms with Gasteiger partial charge in [0.15, 0.2) is 0 Å². The van der Waals surface area contributed by atoms with Crippen LogP contribution < -0.4 is 11.1 Å². The zero-order chi connectivity index (χ0) is 18.7. The van der Waals surface area contributed by atoms with Gasteiger partial charge in [0, 0.05) is 23.4 Å². The third-order valence-corrected chi connectivity index (χ3v) is 4.34. The van der Waals surface area contributed by atoms with Gasteiger partial charge in [0.2, 0.25) is 5.91 Å². The molecule has 1 aliphatic heterocycles. The van der Waals surface area contributed by atoms with Gasteiger partial charge in [-0.05, 0) is 61.4 Å². The summed E-state index contributed by atoms with van der Waals surface area (Å²) < 4.78 is 12.9. The predicted molar refractivity (Wildman–Crippen MR) is 94.0 cm³/mol.